The molecule has 1 aromatic heterocycles. The first-order valence-corrected chi connectivity index (χ1v) is 9.96. The number of rotatable bonds is 8. The van der Waals surface area contributed by atoms with E-state index >= 15 is 0 Å². The molecule has 2 heterocycles. The molecule has 0 radical (unpaired) electrons. The van der Waals surface area contributed by atoms with Crippen LogP contribution >= 0.6 is 0 Å². The molecule has 1 aromatic carbocycles. The molecule has 1 aliphatic heterocycles. The number of nitrogens with zero attached hydrogens (tertiary/aromatic N) is 4. The van der Waals surface area contributed by atoms with Crippen molar-refractivity contribution in [2.45, 2.75) is 26.9 Å². The van der Waals surface area contributed by atoms with Crippen LogP contribution in [0.2, 0.25) is 0 Å². The van der Waals surface area contributed by atoms with E-state index < -0.39 is 0 Å². The number of piperazine rings is 1. The fraction of sp³-hybridized carbons (Fsp3) is 0.524. The summed E-state index contributed by atoms with van der Waals surface area (Å²) in [5, 5.41) is 16.7. The molecule has 1 saturated heterocycles. The smallest absolute Gasteiger partial charge is 0.234 e. The Morgan fingerprint density at radius 1 is 1.11 bits per heavy atom. The van der Waals surface area contributed by atoms with Gasteiger partial charge in [-0.2, -0.15) is 5.10 Å². The first-order chi connectivity index (χ1) is 13.6. The molecule has 1 aliphatic rings. The number of aromatic nitrogens is 2. The summed E-state index contributed by atoms with van der Waals surface area (Å²) in [6.07, 6.45) is 0. The highest BCUT2D eigenvalue weighted by Gasteiger charge is 2.19. The van der Waals surface area contributed by atoms with Gasteiger partial charge in [-0.25, -0.2) is 0 Å². The highest BCUT2D eigenvalue weighted by atomic mass is 16.3. The molecular weight excluding hydrogens is 354 g/mol. The predicted octanol–water partition coefficient (Wildman–Crippen LogP) is 0.774. The van der Waals surface area contributed by atoms with Gasteiger partial charge in [0.15, 0.2) is 0 Å². The van der Waals surface area contributed by atoms with Gasteiger partial charge in [0.25, 0.3) is 0 Å². The summed E-state index contributed by atoms with van der Waals surface area (Å²) < 4.78 is 2.01. The largest absolute Gasteiger partial charge is 0.395 e. The normalized spacial score (nSPS) is 15.7. The molecule has 7 heteroatoms. The van der Waals surface area contributed by atoms with Crippen molar-refractivity contribution in [1.29, 1.82) is 0 Å². The molecule has 152 valence electrons. The molecule has 7 nitrogen and oxygen atoms in total. The minimum atomic E-state index is 0.0465. The van der Waals surface area contributed by atoms with Crippen molar-refractivity contribution in [3.63, 3.8) is 0 Å². The third-order valence-electron chi connectivity index (χ3n) is 5.42. The predicted molar refractivity (Wildman–Crippen MR) is 109 cm³/mol. The summed E-state index contributed by atoms with van der Waals surface area (Å²) in [5.74, 6) is 0.0465. The molecule has 0 atom stereocenters. The van der Waals surface area contributed by atoms with Gasteiger partial charge < -0.3 is 10.4 Å². The quantitative estimate of drug-likeness (QED) is 0.702. The summed E-state index contributed by atoms with van der Waals surface area (Å²) in [4.78, 5) is 16.8. The molecule has 3 rings (SSSR count). The Morgan fingerprint density at radius 2 is 1.79 bits per heavy atom. The van der Waals surface area contributed by atoms with Crippen molar-refractivity contribution >= 4 is 5.91 Å². The first-order valence-electron chi connectivity index (χ1n) is 9.96. The Hall–Kier alpha value is -2.22. The second-order valence-corrected chi connectivity index (χ2v) is 7.41. The van der Waals surface area contributed by atoms with Crippen LogP contribution in [0.3, 0.4) is 0 Å². The van der Waals surface area contributed by atoms with Gasteiger partial charge in [0.05, 0.1) is 25.4 Å². The average molecular weight is 386 g/mol. The molecule has 0 saturated carbocycles. The lowest BCUT2D eigenvalue weighted by Gasteiger charge is -2.33. The average Bonchev–Trinajstić information content (AvgIpc) is 2.95. The van der Waals surface area contributed by atoms with Crippen LogP contribution < -0.4 is 5.32 Å². The Bertz CT molecular complexity index is 767. The second kappa shape index (κ2) is 9.82. The summed E-state index contributed by atoms with van der Waals surface area (Å²) in [6.45, 7) is 10.2. The molecule has 0 spiro atoms. The van der Waals surface area contributed by atoms with Crippen LogP contribution in [0.4, 0.5) is 0 Å². The minimum absolute atomic E-state index is 0.0465. The minimum Gasteiger partial charge on any atom is -0.395 e. The first kappa shape index (κ1) is 20.5. The molecule has 1 amide bonds. The van der Waals surface area contributed by atoms with Gasteiger partial charge in [-0.15, -0.1) is 0 Å². The monoisotopic (exact) mass is 385 g/mol. The van der Waals surface area contributed by atoms with Crippen LogP contribution in [-0.2, 0) is 17.9 Å². The van der Waals surface area contributed by atoms with Crippen LogP contribution in [0, 0.1) is 13.8 Å². The zero-order valence-electron chi connectivity index (χ0n) is 16.9. The molecule has 0 unspecified atom stereocenters. The lowest BCUT2D eigenvalue weighted by atomic mass is 10.2. The van der Waals surface area contributed by atoms with E-state index in [2.05, 4.69) is 39.3 Å². The SMILES string of the molecule is Cc1nn(Cc2ccccc2)c(C)c1CNC(=O)CN1CCN(CCO)CC1. The van der Waals surface area contributed by atoms with Gasteiger partial charge in [0, 0.05) is 50.5 Å². The summed E-state index contributed by atoms with van der Waals surface area (Å²) in [6, 6.07) is 10.3. The number of aryl methyl sites for hydroxylation is 1. The zero-order valence-corrected chi connectivity index (χ0v) is 16.9. The number of β-amino-alcohol motifs (C(OH)–C–C–N with tert-alkyl or cyclic N) is 1. The Labute approximate surface area is 166 Å². The highest BCUT2D eigenvalue weighted by Crippen LogP contribution is 2.14. The summed E-state index contributed by atoms with van der Waals surface area (Å²) in [7, 11) is 0. The van der Waals surface area contributed by atoms with Crippen LogP contribution in [-0.4, -0.2) is 76.5 Å². The molecule has 0 bridgehead atoms. The topological polar surface area (TPSA) is 73.6 Å². The third-order valence-corrected chi connectivity index (χ3v) is 5.42. The van der Waals surface area contributed by atoms with Crippen LogP contribution in [0.5, 0.6) is 0 Å². The summed E-state index contributed by atoms with van der Waals surface area (Å²) >= 11 is 0. The number of amides is 1. The van der Waals surface area contributed by atoms with E-state index in [1.54, 1.807) is 0 Å². The maximum absolute atomic E-state index is 12.4. The Kier molecular flexibility index (Phi) is 7.19. The Morgan fingerprint density at radius 3 is 2.46 bits per heavy atom. The van der Waals surface area contributed by atoms with Gasteiger partial charge in [0.2, 0.25) is 5.91 Å². The number of aliphatic hydroxyl groups is 1. The second-order valence-electron chi connectivity index (χ2n) is 7.41. The van der Waals surface area contributed by atoms with Crippen LogP contribution in [0.25, 0.3) is 0 Å². The van der Waals surface area contributed by atoms with Crippen molar-refractivity contribution in [3.05, 3.63) is 52.8 Å². The number of carbonyl (C=O) groups is 1. The van der Waals surface area contributed by atoms with E-state index in [0.717, 1.165) is 49.7 Å². The van der Waals surface area contributed by atoms with Gasteiger partial charge in [-0.1, -0.05) is 30.3 Å². The lowest BCUT2D eigenvalue weighted by molar-refractivity contribution is -0.122. The van der Waals surface area contributed by atoms with Crippen molar-refractivity contribution in [1.82, 2.24) is 24.9 Å². The highest BCUT2D eigenvalue weighted by molar-refractivity contribution is 5.78. The van der Waals surface area contributed by atoms with Crippen LogP contribution in [0.15, 0.2) is 30.3 Å². The van der Waals surface area contributed by atoms with E-state index in [1.165, 1.54) is 5.56 Å². The zero-order chi connectivity index (χ0) is 19.9. The molecule has 2 aromatic rings. The van der Waals surface area contributed by atoms with E-state index in [-0.39, 0.29) is 12.5 Å². The number of hydrogen-bond acceptors (Lipinski definition) is 5. The lowest BCUT2D eigenvalue weighted by Crippen LogP contribution is -2.49. The van der Waals surface area contributed by atoms with Gasteiger partial charge in [-0.05, 0) is 19.4 Å². The maximum atomic E-state index is 12.4. The standard InChI is InChI=1S/C21H31N5O2/c1-17-20(18(2)26(23-17)15-19-6-4-3-5-7-19)14-22-21(28)16-25-10-8-24(9-11-25)12-13-27/h3-7,27H,8-16H2,1-2H3,(H,22,28). The molecular formula is C21H31N5O2. The number of nitrogens with one attached hydrogen (secondary N) is 1. The number of aliphatic hydroxyl groups excluding tert-OH is 1. The third kappa shape index (κ3) is 5.41. The maximum Gasteiger partial charge on any atom is 0.234 e. The molecule has 1 fully saturated rings. The van der Waals surface area contributed by atoms with Gasteiger partial charge >= 0.3 is 0 Å². The van der Waals surface area contributed by atoms with Crippen molar-refractivity contribution in [3.8, 4) is 0 Å². The number of benzene rings is 1. The van der Waals surface area contributed by atoms with Crippen molar-refractivity contribution in [2.24, 2.45) is 0 Å². The van der Waals surface area contributed by atoms with Crippen molar-refractivity contribution < 1.29 is 9.90 Å². The fourth-order valence-electron chi connectivity index (χ4n) is 3.66. The number of hydrogen-bond donors (Lipinski definition) is 2. The number of carbonyl (C=O) groups excluding carboxylic acids is 1. The summed E-state index contributed by atoms with van der Waals surface area (Å²) in [5.41, 5.74) is 4.37. The van der Waals surface area contributed by atoms with E-state index in [0.29, 0.717) is 19.6 Å². The van der Waals surface area contributed by atoms with Crippen LogP contribution in [0.1, 0.15) is 22.5 Å². The van der Waals surface area contributed by atoms with E-state index in [1.807, 2.05) is 29.8 Å². The van der Waals surface area contributed by atoms with Crippen molar-refractivity contribution in [2.75, 3.05) is 45.9 Å². The van der Waals surface area contributed by atoms with E-state index in [9.17, 15) is 4.79 Å². The van der Waals surface area contributed by atoms with Gasteiger partial charge in [0.1, 0.15) is 0 Å². The molecule has 2 N–H and O–H groups in total. The van der Waals surface area contributed by atoms with Gasteiger partial charge in [-0.3, -0.25) is 19.3 Å². The van der Waals surface area contributed by atoms with E-state index in [4.69, 9.17) is 5.11 Å². The molecule has 0 aliphatic carbocycles. The molecule has 28 heavy (non-hydrogen) atoms. The Balaban J connectivity index is 1.50. The fourth-order valence-corrected chi connectivity index (χ4v) is 3.66.